The number of aliphatic hydroxyl groups excluding tert-OH is 1. The van der Waals surface area contributed by atoms with Crippen molar-refractivity contribution < 1.29 is 14.6 Å². The lowest BCUT2D eigenvalue weighted by Gasteiger charge is -2.10. The van der Waals surface area contributed by atoms with Crippen molar-refractivity contribution in [3.8, 4) is 33.9 Å². The first kappa shape index (κ1) is 17.0. The minimum absolute atomic E-state index is 0.425. The van der Waals surface area contributed by atoms with E-state index in [0.717, 1.165) is 22.4 Å². The van der Waals surface area contributed by atoms with Crippen molar-refractivity contribution >= 4 is 0 Å². The SMILES string of the molecule is COc1ccc(-c2cccc(-c3ccn(CC(C)O)n3)c2)cc1OC. The summed E-state index contributed by atoms with van der Waals surface area (Å²) in [7, 11) is 3.26. The maximum Gasteiger partial charge on any atom is 0.161 e. The van der Waals surface area contributed by atoms with E-state index in [1.165, 1.54) is 0 Å². The van der Waals surface area contributed by atoms with Crippen LogP contribution in [0.3, 0.4) is 0 Å². The predicted molar refractivity (Wildman–Crippen MR) is 97.9 cm³/mol. The molecule has 1 aromatic heterocycles. The highest BCUT2D eigenvalue weighted by Crippen LogP contribution is 2.33. The molecule has 5 nitrogen and oxygen atoms in total. The summed E-state index contributed by atoms with van der Waals surface area (Å²) < 4.78 is 12.4. The fraction of sp³-hybridized carbons (Fsp3) is 0.250. The predicted octanol–water partition coefficient (Wildman–Crippen LogP) is 3.62. The molecular formula is C20H22N2O3. The second kappa shape index (κ2) is 7.40. The van der Waals surface area contributed by atoms with Crippen LogP contribution >= 0.6 is 0 Å². The number of aliphatic hydroxyl groups is 1. The molecule has 0 bridgehead atoms. The molecule has 0 aliphatic carbocycles. The monoisotopic (exact) mass is 338 g/mol. The standard InChI is InChI=1S/C20H22N2O3/c1-14(23)13-22-10-9-18(21-22)17-6-4-5-15(11-17)16-7-8-19(24-2)20(12-16)25-3/h4-12,14,23H,13H2,1-3H3. The lowest BCUT2D eigenvalue weighted by atomic mass is 10.0. The molecule has 0 radical (unpaired) electrons. The van der Waals surface area contributed by atoms with Gasteiger partial charge in [0.25, 0.3) is 0 Å². The molecule has 1 unspecified atom stereocenters. The fourth-order valence-electron chi connectivity index (χ4n) is 2.76. The first-order valence-electron chi connectivity index (χ1n) is 8.15. The molecule has 1 N–H and O–H groups in total. The van der Waals surface area contributed by atoms with Crippen LogP contribution < -0.4 is 9.47 Å². The highest BCUT2D eigenvalue weighted by atomic mass is 16.5. The van der Waals surface area contributed by atoms with Gasteiger partial charge in [-0.3, -0.25) is 4.68 Å². The maximum absolute atomic E-state index is 9.49. The Morgan fingerprint density at radius 1 is 0.960 bits per heavy atom. The van der Waals surface area contributed by atoms with E-state index in [-0.39, 0.29) is 0 Å². The normalized spacial score (nSPS) is 12.0. The Bertz CT molecular complexity index is 856. The molecule has 3 rings (SSSR count). The number of hydrogen-bond acceptors (Lipinski definition) is 4. The molecule has 0 fully saturated rings. The van der Waals surface area contributed by atoms with Gasteiger partial charge in [-0.1, -0.05) is 24.3 Å². The number of hydrogen-bond donors (Lipinski definition) is 1. The minimum atomic E-state index is -0.425. The van der Waals surface area contributed by atoms with Crippen LogP contribution in [0.25, 0.3) is 22.4 Å². The Labute approximate surface area is 147 Å². The van der Waals surface area contributed by atoms with Crippen molar-refractivity contribution in [3.63, 3.8) is 0 Å². The van der Waals surface area contributed by atoms with Gasteiger partial charge in [-0.2, -0.15) is 5.10 Å². The molecule has 2 aromatic carbocycles. The zero-order valence-corrected chi connectivity index (χ0v) is 14.6. The van der Waals surface area contributed by atoms with Gasteiger partial charge in [-0.25, -0.2) is 0 Å². The van der Waals surface area contributed by atoms with Crippen LogP contribution in [0, 0.1) is 0 Å². The van der Waals surface area contributed by atoms with Crippen molar-refractivity contribution in [2.75, 3.05) is 14.2 Å². The Balaban J connectivity index is 1.93. The number of methoxy groups -OCH3 is 2. The molecule has 0 saturated carbocycles. The van der Waals surface area contributed by atoms with Gasteiger partial charge in [0.05, 0.1) is 32.6 Å². The average molecular weight is 338 g/mol. The lowest BCUT2D eigenvalue weighted by molar-refractivity contribution is 0.168. The Hall–Kier alpha value is -2.79. The first-order chi connectivity index (χ1) is 12.1. The molecular weight excluding hydrogens is 316 g/mol. The minimum Gasteiger partial charge on any atom is -0.493 e. The van der Waals surface area contributed by atoms with Gasteiger partial charge in [0.2, 0.25) is 0 Å². The van der Waals surface area contributed by atoms with Gasteiger partial charge in [0.1, 0.15) is 0 Å². The highest BCUT2D eigenvalue weighted by molar-refractivity contribution is 5.73. The van der Waals surface area contributed by atoms with E-state index < -0.39 is 6.10 Å². The van der Waals surface area contributed by atoms with Gasteiger partial charge < -0.3 is 14.6 Å². The molecule has 3 aromatic rings. The zero-order chi connectivity index (χ0) is 17.8. The molecule has 130 valence electrons. The van der Waals surface area contributed by atoms with Crippen molar-refractivity contribution in [2.45, 2.75) is 19.6 Å². The molecule has 1 atom stereocenters. The summed E-state index contributed by atoms with van der Waals surface area (Å²) in [4.78, 5) is 0. The summed E-state index contributed by atoms with van der Waals surface area (Å²) in [6, 6.07) is 16.0. The van der Waals surface area contributed by atoms with Gasteiger partial charge in [0, 0.05) is 11.8 Å². The molecule has 0 saturated heterocycles. The van der Waals surface area contributed by atoms with Crippen LogP contribution in [0.4, 0.5) is 0 Å². The highest BCUT2D eigenvalue weighted by Gasteiger charge is 2.09. The van der Waals surface area contributed by atoms with Gasteiger partial charge in [-0.05, 0) is 42.3 Å². The van der Waals surface area contributed by atoms with Crippen molar-refractivity contribution in [1.29, 1.82) is 0 Å². The van der Waals surface area contributed by atoms with Crippen molar-refractivity contribution in [1.82, 2.24) is 9.78 Å². The van der Waals surface area contributed by atoms with E-state index in [4.69, 9.17) is 9.47 Å². The summed E-state index contributed by atoms with van der Waals surface area (Å²) in [6.45, 7) is 2.23. The van der Waals surface area contributed by atoms with Crippen LogP contribution in [-0.4, -0.2) is 35.2 Å². The molecule has 0 aliphatic rings. The number of ether oxygens (including phenoxy) is 2. The van der Waals surface area contributed by atoms with Gasteiger partial charge >= 0.3 is 0 Å². The summed E-state index contributed by atoms with van der Waals surface area (Å²) in [5.41, 5.74) is 4.02. The fourth-order valence-corrected chi connectivity index (χ4v) is 2.76. The molecule has 1 heterocycles. The first-order valence-corrected chi connectivity index (χ1v) is 8.15. The van der Waals surface area contributed by atoms with E-state index >= 15 is 0 Å². The third kappa shape index (κ3) is 3.83. The number of rotatable bonds is 6. The largest absolute Gasteiger partial charge is 0.493 e. The smallest absolute Gasteiger partial charge is 0.161 e. The molecule has 5 heteroatoms. The quantitative estimate of drug-likeness (QED) is 0.746. The maximum atomic E-state index is 9.49. The molecule has 0 amide bonds. The molecule has 25 heavy (non-hydrogen) atoms. The third-order valence-corrected chi connectivity index (χ3v) is 3.97. The Morgan fingerprint density at radius 2 is 1.68 bits per heavy atom. The topological polar surface area (TPSA) is 56.5 Å². The second-order valence-electron chi connectivity index (χ2n) is 5.92. The summed E-state index contributed by atoms with van der Waals surface area (Å²) >= 11 is 0. The van der Waals surface area contributed by atoms with Crippen LogP contribution in [0.15, 0.2) is 54.7 Å². The van der Waals surface area contributed by atoms with Gasteiger partial charge in [-0.15, -0.1) is 0 Å². The van der Waals surface area contributed by atoms with Crippen molar-refractivity contribution in [3.05, 3.63) is 54.7 Å². The van der Waals surface area contributed by atoms with E-state index in [1.54, 1.807) is 25.8 Å². The van der Waals surface area contributed by atoms with Gasteiger partial charge in [0.15, 0.2) is 11.5 Å². The van der Waals surface area contributed by atoms with Crippen LogP contribution in [0.1, 0.15) is 6.92 Å². The van der Waals surface area contributed by atoms with E-state index in [2.05, 4.69) is 17.2 Å². The summed E-state index contributed by atoms with van der Waals surface area (Å²) in [6.07, 6.45) is 1.45. The molecule has 0 aliphatic heterocycles. The van der Waals surface area contributed by atoms with E-state index in [1.807, 2.05) is 42.6 Å². The number of aromatic nitrogens is 2. The van der Waals surface area contributed by atoms with E-state index in [0.29, 0.717) is 18.0 Å². The number of nitrogens with zero attached hydrogens (tertiary/aromatic N) is 2. The van der Waals surface area contributed by atoms with Crippen LogP contribution in [-0.2, 0) is 6.54 Å². The van der Waals surface area contributed by atoms with Crippen molar-refractivity contribution in [2.24, 2.45) is 0 Å². The average Bonchev–Trinajstić information content (AvgIpc) is 3.09. The number of benzene rings is 2. The van der Waals surface area contributed by atoms with Crippen LogP contribution in [0.2, 0.25) is 0 Å². The third-order valence-electron chi connectivity index (χ3n) is 3.97. The van der Waals surface area contributed by atoms with E-state index in [9.17, 15) is 5.11 Å². The Kier molecular flexibility index (Phi) is 5.05. The summed E-state index contributed by atoms with van der Waals surface area (Å²) in [5.74, 6) is 1.41. The summed E-state index contributed by atoms with van der Waals surface area (Å²) in [5, 5.41) is 14.0. The van der Waals surface area contributed by atoms with Crippen LogP contribution in [0.5, 0.6) is 11.5 Å². The Morgan fingerprint density at radius 3 is 2.40 bits per heavy atom. The zero-order valence-electron chi connectivity index (χ0n) is 14.6. The lowest BCUT2D eigenvalue weighted by Crippen LogP contribution is -2.11. The second-order valence-corrected chi connectivity index (χ2v) is 5.92. The molecule has 0 spiro atoms.